The molecule has 0 fully saturated rings. The monoisotopic (exact) mass is 316 g/mol. The number of nitrogens with two attached hydrogens (primary N) is 1. The Kier molecular flexibility index (Phi) is 3.31. The topological polar surface area (TPSA) is 97.5 Å². The molecule has 7 heteroatoms. The Balaban J connectivity index is 1.86. The second-order valence-corrected chi connectivity index (χ2v) is 6.49. The summed E-state index contributed by atoms with van der Waals surface area (Å²) >= 11 is 0. The summed E-state index contributed by atoms with van der Waals surface area (Å²) in [6.07, 6.45) is 0. The lowest BCUT2D eigenvalue weighted by molar-refractivity contribution is 0.0642. The lowest BCUT2D eigenvalue weighted by atomic mass is 10.1. The zero-order chi connectivity index (χ0) is 15.9. The standard InChI is InChI=1S/C15H12N2O4S/c16-22(20,21)11-7-5-10(6-8-11)9-17-14(18)12-3-1-2-4-13(12)15(17)19/h1-8H,9H2,(H2,16,20,21). The molecule has 0 atom stereocenters. The molecule has 0 spiro atoms. The van der Waals surface area contributed by atoms with E-state index in [9.17, 15) is 18.0 Å². The Bertz CT molecular complexity index is 838. The van der Waals surface area contributed by atoms with Gasteiger partial charge in [-0.2, -0.15) is 0 Å². The van der Waals surface area contributed by atoms with Crippen molar-refractivity contribution in [2.24, 2.45) is 5.14 Å². The molecule has 1 aliphatic rings. The number of benzene rings is 2. The first-order chi connectivity index (χ1) is 10.4. The number of carbonyl (C=O) groups is 2. The zero-order valence-electron chi connectivity index (χ0n) is 11.4. The van der Waals surface area contributed by atoms with Gasteiger partial charge in [0.2, 0.25) is 10.0 Å². The van der Waals surface area contributed by atoms with E-state index in [0.717, 1.165) is 4.90 Å². The zero-order valence-corrected chi connectivity index (χ0v) is 12.2. The minimum Gasteiger partial charge on any atom is -0.270 e. The quantitative estimate of drug-likeness (QED) is 0.858. The fourth-order valence-corrected chi connectivity index (χ4v) is 2.87. The molecule has 2 N–H and O–H groups in total. The van der Waals surface area contributed by atoms with Crippen LogP contribution in [0.2, 0.25) is 0 Å². The van der Waals surface area contributed by atoms with Crippen molar-refractivity contribution in [1.82, 2.24) is 4.90 Å². The smallest absolute Gasteiger partial charge is 0.261 e. The van der Waals surface area contributed by atoms with Crippen molar-refractivity contribution >= 4 is 21.8 Å². The maximum atomic E-state index is 12.2. The number of nitrogens with zero attached hydrogens (tertiary/aromatic N) is 1. The van der Waals surface area contributed by atoms with Gasteiger partial charge in [-0.15, -0.1) is 0 Å². The lowest BCUT2D eigenvalue weighted by Crippen LogP contribution is -2.29. The first-order valence-corrected chi connectivity index (χ1v) is 7.99. The molecular weight excluding hydrogens is 304 g/mol. The number of rotatable bonds is 3. The third kappa shape index (κ3) is 2.40. The molecule has 2 aromatic rings. The van der Waals surface area contributed by atoms with E-state index in [-0.39, 0.29) is 23.3 Å². The molecule has 0 saturated carbocycles. The SMILES string of the molecule is NS(=O)(=O)c1ccc(CN2C(=O)c3ccccc3C2=O)cc1. The summed E-state index contributed by atoms with van der Waals surface area (Å²) in [7, 11) is -3.76. The van der Waals surface area contributed by atoms with E-state index in [0.29, 0.717) is 16.7 Å². The highest BCUT2D eigenvalue weighted by atomic mass is 32.2. The van der Waals surface area contributed by atoms with Gasteiger partial charge in [0, 0.05) is 0 Å². The molecular formula is C15H12N2O4S. The van der Waals surface area contributed by atoms with Crippen LogP contribution in [0.5, 0.6) is 0 Å². The molecule has 0 aliphatic carbocycles. The van der Waals surface area contributed by atoms with Crippen molar-refractivity contribution in [3.05, 3.63) is 65.2 Å². The Morgan fingerprint density at radius 2 is 1.36 bits per heavy atom. The van der Waals surface area contributed by atoms with Gasteiger partial charge < -0.3 is 0 Å². The minimum absolute atomic E-state index is 0.0152. The van der Waals surface area contributed by atoms with Crippen LogP contribution in [0.3, 0.4) is 0 Å². The average molecular weight is 316 g/mol. The van der Waals surface area contributed by atoms with Crippen LogP contribution in [0.15, 0.2) is 53.4 Å². The van der Waals surface area contributed by atoms with E-state index in [2.05, 4.69) is 0 Å². The molecule has 6 nitrogen and oxygen atoms in total. The lowest BCUT2D eigenvalue weighted by Gasteiger charge is -2.14. The highest BCUT2D eigenvalue weighted by Crippen LogP contribution is 2.24. The molecule has 0 bridgehead atoms. The van der Waals surface area contributed by atoms with Gasteiger partial charge in [-0.1, -0.05) is 24.3 Å². The molecule has 2 aromatic carbocycles. The number of hydrogen-bond acceptors (Lipinski definition) is 4. The summed E-state index contributed by atoms with van der Waals surface area (Å²) in [6.45, 7) is 0.0806. The van der Waals surface area contributed by atoms with Gasteiger partial charge in [-0.05, 0) is 29.8 Å². The van der Waals surface area contributed by atoms with Crippen LogP contribution in [-0.2, 0) is 16.6 Å². The molecule has 1 aliphatic heterocycles. The Hall–Kier alpha value is -2.51. The molecule has 0 unspecified atom stereocenters. The molecule has 0 saturated heterocycles. The highest BCUT2D eigenvalue weighted by molar-refractivity contribution is 7.89. The van der Waals surface area contributed by atoms with Gasteiger partial charge in [0.1, 0.15) is 0 Å². The Labute approximate surface area is 127 Å². The summed E-state index contributed by atoms with van der Waals surface area (Å²) in [5, 5.41) is 5.03. The van der Waals surface area contributed by atoms with Crippen LogP contribution in [0.25, 0.3) is 0 Å². The number of imide groups is 1. The first-order valence-electron chi connectivity index (χ1n) is 6.45. The predicted molar refractivity (Wildman–Crippen MR) is 78.5 cm³/mol. The van der Waals surface area contributed by atoms with Crippen molar-refractivity contribution < 1.29 is 18.0 Å². The third-order valence-electron chi connectivity index (χ3n) is 3.47. The number of primary sulfonamides is 1. The summed E-state index contributed by atoms with van der Waals surface area (Å²) in [5.74, 6) is -0.702. The maximum Gasteiger partial charge on any atom is 0.261 e. The van der Waals surface area contributed by atoms with Gasteiger partial charge in [-0.25, -0.2) is 13.6 Å². The van der Waals surface area contributed by atoms with E-state index < -0.39 is 10.0 Å². The summed E-state index contributed by atoms with van der Waals surface area (Å²) in [6, 6.07) is 12.4. The van der Waals surface area contributed by atoms with E-state index in [4.69, 9.17) is 5.14 Å². The van der Waals surface area contributed by atoms with Crippen molar-refractivity contribution in [3.8, 4) is 0 Å². The molecule has 0 aromatic heterocycles. The molecule has 2 amide bonds. The average Bonchev–Trinajstić information content (AvgIpc) is 2.73. The number of sulfonamides is 1. The number of carbonyl (C=O) groups excluding carboxylic acids is 2. The number of amides is 2. The second kappa shape index (κ2) is 5.04. The van der Waals surface area contributed by atoms with Crippen LogP contribution < -0.4 is 5.14 Å². The molecule has 3 rings (SSSR count). The van der Waals surface area contributed by atoms with E-state index in [1.165, 1.54) is 24.3 Å². The van der Waals surface area contributed by atoms with Gasteiger partial charge >= 0.3 is 0 Å². The molecule has 112 valence electrons. The summed E-state index contributed by atoms with van der Waals surface area (Å²) < 4.78 is 22.4. The number of hydrogen-bond donors (Lipinski definition) is 1. The largest absolute Gasteiger partial charge is 0.270 e. The van der Waals surface area contributed by atoms with Crippen molar-refractivity contribution in [1.29, 1.82) is 0 Å². The number of fused-ring (bicyclic) bond motifs is 1. The van der Waals surface area contributed by atoms with Crippen molar-refractivity contribution in [3.63, 3.8) is 0 Å². The molecule has 0 radical (unpaired) electrons. The van der Waals surface area contributed by atoms with Gasteiger partial charge in [0.05, 0.1) is 22.6 Å². The summed E-state index contributed by atoms with van der Waals surface area (Å²) in [4.78, 5) is 25.6. The molecule has 22 heavy (non-hydrogen) atoms. The second-order valence-electron chi connectivity index (χ2n) is 4.93. The van der Waals surface area contributed by atoms with Crippen LogP contribution in [0.4, 0.5) is 0 Å². The summed E-state index contributed by atoms with van der Waals surface area (Å²) in [5.41, 5.74) is 1.41. The van der Waals surface area contributed by atoms with Gasteiger partial charge in [0.15, 0.2) is 0 Å². The predicted octanol–water partition coefficient (Wildman–Crippen LogP) is 1.13. The van der Waals surface area contributed by atoms with Gasteiger partial charge in [-0.3, -0.25) is 14.5 Å². The minimum atomic E-state index is -3.76. The van der Waals surface area contributed by atoms with Crippen molar-refractivity contribution in [2.75, 3.05) is 0 Å². The van der Waals surface area contributed by atoms with E-state index in [1.54, 1.807) is 24.3 Å². The first kappa shape index (κ1) is 14.4. The maximum absolute atomic E-state index is 12.2. The normalized spacial score (nSPS) is 14.3. The Morgan fingerprint density at radius 3 is 1.82 bits per heavy atom. The van der Waals surface area contributed by atoms with Crippen molar-refractivity contribution in [2.45, 2.75) is 11.4 Å². The van der Waals surface area contributed by atoms with E-state index in [1.807, 2.05) is 0 Å². The van der Waals surface area contributed by atoms with E-state index >= 15 is 0 Å². The van der Waals surface area contributed by atoms with Crippen LogP contribution >= 0.6 is 0 Å². The van der Waals surface area contributed by atoms with Crippen LogP contribution in [0, 0.1) is 0 Å². The van der Waals surface area contributed by atoms with Crippen LogP contribution in [0.1, 0.15) is 26.3 Å². The highest BCUT2D eigenvalue weighted by Gasteiger charge is 2.34. The fraction of sp³-hybridized carbons (Fsp3) is 0.0667. The Morgan fingerprint density at radius 1 is 0.864 bits per heavy atom. The van der Waals surface area contributed by atoms with Crippen LogP contribution in [-0.4, -0.2) is 25.1 Å². The van der Waals surface area contributed by atoms with Gasteiger partial charge in [0.25, 0.3) is 11.8 Å². The fourth-order valence-electron chi connectivity index (χ4n) is 2.35. The third-order valence-corrected chi connectivity index (χ3v) is 4.40. The molecule has 1 heterocycles.